The van der Waals surface area contributed by atoms with Gasteiger partial charge in [0.05, 0.1) is 0 Å². The van der Waals surface area contributed by atoms with Crippen molar-refractivity contribution in [1.82, 2.24) is 4.98 Å². The number of hydrogen-bond donors (Lipinski definition) is 1. The number of aromatic nitrogens is 1. The highest BCUT2D eigenvalue weighted by molar-refractivity contribution is 5.09. The molecule has 0 spiro atoms. The highest BCUT2D eigenvalue weighted by Gasteiger charge is 2.13. The van der Waals surface area contributed by atoms with E-state index < -0.39 is 0 Å². The molecule has 1 aromatic rings. The minimum absolute atomic E-state index is 0.0910. The molecule has 1 fully saturated rings. The topological polar surface area (TPSA) is 32.9 Å². The third-order valence-electron chi connectivity index (χ3n) is 3.45. The molecule has 82 valence electrons. The van der Waals surface area contributed by atoms with Crippen molar-refractivity contribution in [3.05, 3.63) is 34.2 Å². The summed E-state index contributed by atoms with van der Waals surface area (Å²) in [5.41, 5.74) is 1.04. The molecule has 1 N–H and O–H groups in total. The molecule has 1 heterocycles. The predicted octanol–water partition coefficient (Wildman–Crippen LogP) is 2.89. The van der Waals surface area contributed by atoms with E-state index in [1.54, 1.807) is 6.20 Å². The standard InChI is InChI=1S/C13H19NO/c15-13-12(7-4-10-14-13)9-8-11-5-2-1-3-6-11/h4,7,10-11H,1-3,5-6,8-9H2,(H,14,15). The van der Waals surface area contributed by atoms with Crippen molar-refractivity contribution in [2.75, 3.05) is 0 Å². The lowest BCUT2D eigenvalue weighted by Crippen LogP contribution is -2.14. The Balaban J connectivity index is 1.87. The first-order valence-electron chi connectivity index (χ1n) is 6.03. The van der Waals surface area contributed by atoms with Gasteiger partial charge in [0.2, 0.25) is 0 Å². The number of pyridine rings is 1. The maximum atomic E-state index is 11.4. The lowest BCUT2D eigenvalue weighted by molar-refractivity contribution is 0.339. The summed E-state index contributed by atoms with van der Waals surface area (Å²) in [6.45, 7) is 0. The van der Waals surface area contributed by atoms with Crippen LogP contribution < -0.4 is 5.56 Å². The van der Waals surface area contributed by atoms with E-state index in [2.05, 4.69) is 4.98 Å². The van der Waals surface area contributed by atoms with E-state index in [9.17, 15) is 4.79 Å². The van der Waals surface area contributed by atoms with Crippen LogP contribution in [0.2, 0.25) is 0 Å². The van der Waals surface area contributed by atoms with Crippen molar-refractivity contribution in [2.24, 2.45) is 5.92 Å². The molecule has 0 atom stereocenters. The van der Waals surface area contributed by atoms with Crippen LogP contribution in [-0.4, -0.2) is 4.98 Å². The summed E-state index contributed by atoms with van der Waals surface area (Å²) in [7, 11) is 0. The van der Waals surface area contributed by atoms with Gasteiger partial charge in [0.25, 0.3) is 5.56 Å². The first kappa shape index (κ1) is 10.5. The Labute approximate surface area is 90.7 Å². The maximum Gasteiger partial charge on any atom is 0.251 e. The van der Waals surface area contributed by atoms with Crippen LogP contribution in [0.15, 0.2) is 23.1 Å². The van der Waals surface area contributed by atoms with Crippen LogP contribution in [0.25, 0.3) is 0 Å². The number of rotatable bonds is 3. The second kappa shape index (κ2) is 5.15. The quantitative estimate of drug-likeness (QED) is 0.808. The SMILES string of the molecule is O=c1[nH]cccc1CCC1CCCCC1. The second-order valence-corrected chi connectivity index (χ2v) is 4.57. The molecule has 1 saturated carbocycles. The fraction of sp³-hybridized carbons (Fsp3) is 0.615. The van der Waals surface area contributed by atoms with Gasteiger partial charge in [-0.3, -0.25) is 4.79 Å². The van der Waals surface area contributed by atoms with Gasteiger partial charge in [-0.15, -0.1) is 0 Å². The fourth-order valence-electron chi connectivity index (χ4n) is 2.49. The van der Waals surface area contributed by atoms with Gasteiger partial charge in [0.15, 0.2) is 0 Å². The van der Waals surface area contributed by atoms with Gasteiger partial charge < -0.3 is 4.98 Å². The van der Waals surface area contributed by atoms with Gasteiger partial charge >= 0.3 is 0 Å². The molecule has 2 heteroatoms. The average molecular weight is 205 g/mol. The lowest BCUT2D eigenvalue weighted by Gasteiger charge is -2.21. The molecular weight excluding hydrogens is 186 g/mol. The third kappa shape index (κ3) is 2.95. The summed E-state index contributed by atoms with van der Waals surface area (Å²) in [4.78, 5) is 14.2. The van der Waals surface area contributed by atoms with E-state index in [1.807, 2.05) is 12.1 Å². The van der Waals surface area contributed by atoms with E-state index in [0.717, 1.165) is 17.9 Å². The fourth-order valence-corrected chi connectivity index (χ4v) is 2.49. The minimum atomic E-state index is 0.0910. The van der Waals surface area contributed by atoms with E-state index in [-0.39, 0.29) is 5.56 Å². The van der Waals surface area contributed by atoms with Gasteiger partial charge in [-0.05, 0) is 24.8 Å². The molecule has 1 aliphatic carbocycles. The van der Waals surface area contributed by atoms with Crippen molar-refractivity contribution < 1.29 is 0 Å². The Hall–Kier alpha value is -1.05. The van der Waals surface area contributed by atoms with Gasteiger partial charge in [0, 0.05) is 11.8 Å². The van der Waals surface area contributed by atoms with Crippen LogP contribution in [0.4, 0.5) is 0 Å². The Bertz CT molecular complexity index is 350. The first-order valence-corrected chi connectivity index (χ1v) is 6.03. The molecule has 0 bridgehead atoms. The van der Waals surface area contributed by atoms with E-state index in [4.69, 9.17) is 0 Å². The maximum absolute atomic E-state index is 11.4. The Morgan fingerprint density at radius 3 is 2.80 bits per heavy atom. The number of nitrogens with one attached hydrogen (secondary N) is 1. The van der Waals surface area contributed by atoms with Crippen molar-refractivity contribution in [3.8, 4) is 0 Å². The zero-order valence-corrected chi connectivity index (χ0v) is 9.17. The van der Waals surface area contributed by atoms with E-state index in [0.29, 0.717) is 0 Å². The van der Waals surface area contributed by atoms with Gasteiger partial charge in [-0.25, -0.2) is 0 Å². The number of aryl methyl sites for hydroxylation is 1. The summed E-state index contributed by atoms with van der Waals surface area (Å²) in [5, 5.41) is 0. The zero-order chi connectivity index (χ0) is 10.5. The Kier molecular flexibility index (Phi) is 3.59. The largest absolute Gasteiger partial charge is 0.329 e. The molecule has 0 unspecified atom stereocenters. The number of aromatic amines is 1. The second-order valence-electron chi connectivity index (χ2n) is 4.57. The Morgan fingerprint density at radius 1 is 1.27 bits per heavy atom. The molecular formula is C13H19NO. The summed E-state index contributed by atoms with van der Waals surface area (Å²) in [6, 6.07) is 3.86. The zero-order valence-electron chi connectivity index (χ0n) is 9.17. The van der Waals surface area contributed by atoms with Crippen molar-refractivity contribution >= 4 is 0 Å². The Morgan fingerprint density at radius 2 is 2.07 bits per heavy atom. The van der Waals surface area contributed by atoms with Crippen LogP contribution >= 0.6 is 0 Å². The van der Waals surface area contributed by atoms with Crippen molar-refractivity contribution in [1.29, 1.82) is 0 Å². The van der Waals surface area contributed by atoms with E-state index in [1.165, 1.54) is 38.5 Å². The molecule has 2 nitrogen and oxygen atoms in total. The predicted molar refractivity (Wildman–Crippen MR) is 62.0 cm³/mol. The normalized spacial score (nSPS) is 17.9. The van der Waals surface area contributed by atoms with E-state index >= 15 is 0 Å². The van der Waals surface area contributed by atoms with Crippen molar-refractivity contribution in [3.63, 3.8) is 0 Å². The minimum Gasteiger partial charge on any atom is -0.329 e. The van der Waals surface area contributed by atoms with Crippen molar-refractivity contribution in [2.45, 2.75) is 44.9 Å². The molecule has 2 rings (SSSR count). The molecule has 0 saturated heterocycles. The third-order valence-corrected chi connectivity index (χ3v) is 3.45. The summed E-state index contributed by atoms with van der Waals surface area (Å²) >= 11 is 0. The average Bonchev–Trinajstić information content (AvgIpc) is 2.29. The van der Waals surface area contributed by atoms with Gasteiger partial charge in [-0.1, -0.05) is 38.2 Å². The molecule has 0 aromatic carbocycles. The molecule has 1 aromatic heterocycles. The first-order chi connectivity index (χ1) is 7.36. The monoisotopic (exact) mass is 205 g/mol. The summed E-state index contributed by atoms with van der Waals surface area (Å²) < 4.78 is 0. The number of H-pyrrole nitrogens is 1. The highest BCUT2D eigenvalue weighted by atomic mass is 16.1. The van der Waals surface area contributed by atoms with Crippen LogP contribution in [0, 0.1) is 5.92 Å². The lowest BCUT2D eigenvalue weighted by atomic mass is 9.85. The molecule has 0 aliphatic heterocycles. The van der Waals surface area contributed by atoms with Gasteiger partial charge in [-0.2, -0.15) is 0 Å². The molecule has 0 amide bonds. The molecule has 0 radical (unpaired) electrons. The van der Waals surface area contributed by atoms with Crippen LogP contribution in [0.1, 0.15) is 44.1 Å². The summed E-state index contributed by atoms with van der Waals surface area (Å²) in [5.74, 6) is 0.860. The summed E-state index contributed by atoms with van der Waals surface area (Å²) in [6.07, 6.45) is 10.7. The number of hydrogen-bond acceptors (Lipinski definition) is 1. The molecule has 15 heavy (non-hydrogen) atoms. The highest BCUT2D eigenvalue weighted by Crippen LogP contribution is 2.26. The van der Waals surface area contributed by atoms with Gasteiger partial charge in [0.1, 0.15) is 0 Å². The van der Waals surface area contributed by atoms with Crippen LogP contribution in [0.3, 0.4) is 0 Å². The smallest absolute Gasteiger partial charge is 0.251 e. The van der Waals surface area contributed by atoms with Crippen LogP contribution in [0.5, 0.6) is 0 Å². The molecule has 1 aliphatic rings. The van der Waals surface area contributed by atoms with Crippen LogP contribution in [-0.2, 0) is 6.42 Å².